The SMILES string of the molecule is CC(C)(C)OC(=O)N1C[C@@H](O)C[C@H]1C(=O)NCCS(=O)(=O)c1ccc(Cl)cc1. The molecule has 8 nitrogen and oxygen atoms in total. The third-order valence-electron chi connectivity index (χ3n) is 4.05. The van der Waals surface area contributed by atoms with Crippen LogP contribution < -0.4 is 5.32 Å². The predicted octanol–water partition coefficient (Wildman–Crippen LogP) is 1.60. The van der Waals surface area contributed by atoms with Crippen molar-refractivity contribution in [2.45, 2.75) is 49.8 Å². The summed E-state index contributed by atoms with van der Waals surface area (Å²) in [5.74, 6) is -0.837. The number of rotatable bonds is 5. The van der Waals surface area contributed by atoms with Gasteiger partial charge in [0.05, 0.1) is 23.3 Å². The maximum absolute atomic E-state index is 12.5. The highest BCUT2D eigenvalue weighted by atomic mass is 35.5. The van der Waals surface area contributed by atoms with Crippen LogP contribution in [0.3, 0.4) is 0 Å². The lowest BCUT2D eigenvalue weighted by Crippen LogP contribution is -2.48. The van der Waals surface area contributed by atoms with E-state index in [1.54, 1.807) is 20.8 Å². The number of hydrogen-bond donors (Lipinski definition) is 2. The molecule has 0 bridgehead atoms. The number of ether oxygens (including phenoxy) is 1. The Labute approximate surface area is 169 Å². The summed E-state index contributed by atoms with van der Waals surface area (Å²) in [5, 5.41) is 12.8. The summed E-state index contributed by atoms with van der Waals surface area (Å²) in [4.78, 5) is 26.0. The summed E-state index contributed by atoms with van der Waals surface area (Å²) < 4.78 is 29.9. The third kappa shape index (κ3) is 6.08. The number of hydrogen-bond acceptors (Lipinski definition) is 6. The van der Waals surface area contributed by atoms with Crippen molar-refractivity contribution in [2.75, 3.05) is 18.8 Å². The highest BCUT2D eigenvalue weighted by Crippen LogP contribution is 2.21. The Morgan fingerprint density at radius 1 is 1.29 bits per heavy atom. The van der Waals surface area contributed by atoms with Crippen molar-refractivity contribution in [3.8, 4) is 0 Å². The summed E-state index contributed by atoms with van der Waals surface area (Å²) in [7, 11) is -3.59. The fraction of sp³-hybridized carbons (Fsp3) is 0.556. The van der Waals surface area contributed by atoms with Gasteiger partial charge in [0, 0.05) is 18.0 Å². The number of aliphatic hydroxyl groups excluding tert-OH is 1. The fourth-order valence-corrected chi connectivity index (χ4v) is 4.05. The Balaban J connectivity index is 1.95. The lowest BCUT2D eigenvalue weighted by molar-refractivity contribution is -0.125. The minimum Gasteiger partial charge on any atom is -0.444 e. The number of nitrogens with zero attached hydrogens (tertiary/aromatic N) is 1. The molecule has 2 amide bonds. The highest BCUT2D eigenvalue weighted by molar-refractivity contribution is 7.91. The van der Waals surface area contributed by atoms with Crippen LogP contribution in [-0.2, 0) is 19.4 Å². The van der Waals surface area contributed by atoms with E-state index in [9.17, 15) is 23.1 Å². The van der Waals surface area contributed by atoms with E-state index in [-0.39, 0.29) is 30.2 Å². The number of amides is 2. The Morgan fingerprint density at radius 3 is 2.46 bits per heavy atom. The van der Waals surface area contributed by atoms with Gasteiger partial charge in [-0.15, -0.1) is 0 Å². The van der Waals surface area contributed by atoms with Gasteiger partial charge in [0.25, 0.3) is 0 Å². The normalized spacial score (nSPS) is 20.1. The largest absolute Gasteiger partial charge is 0.444 e. The minimum atomic E-state index is -3.59. The fourth-order valence-electron chi connectivity index (χ4n) is 2.77. The molecule has 0 radical (unpaired) electrons. The average Bonchev–Trinajstić information content (AvgIpc) is 2.95. The van der Waals surface area contributed by atoms with Crippen LogP contribution in [0.25, 0.3) is 0 Å². The molecule has 2 N–H and O–H groups in total. The van der Waals surface area contributed by atoms with E-state index in [2.05, 4.69) is 5.32 Å². The lowest BCUT2D eigenvalue weighted by Gasteiger charge is -2.27. The zero-order chi connectivity index (χ0) is 21.1. The molecule has 2 atom stereocenters. The van der Waals surface area contributed by atoms with Crippen molar-refractivity contribution in [3.63, 3.8) is 0 Å². The van der Waals surface area contributed by atoms with Gasteiger partial charge in [0.2, 0.25) is 5.91 Å². The number of aliphatic hydroxyl groups is 1. The second kappa shape index (κ2) is 8.67. The van der Waals surface area contributed by atoms with E-state index in [1.807, 2.05) is 0 Å². The monoisotopic (exact) mass is 432 g/mol. The first kappa shape index (κ1) is 22.4. The van der Waals surface area contributed by atoms with Gasteiger partial charge < -0.3 is 15.2 Å². The smallest absolute Gasteiger partial charge is 0.411 e. The van der Waals surface area contributed by atoms with Crippen molar-refractivity contribution in [1.82, 2.24) is 10.2 Å². The summed E-state index contributed by atoms with van der Waals surface area (Å²) in [6.07, 6.45) is -1.48. The van der Waals surface area contributed by atoms with Gasteiger partial charge in [0.1, 0.15) is 11.6 Å². The molecule has 0 saturated carbocycles. The molecule has 0 aromatic heterocycles. The molecular weight excluding hydrogens is 408 g/mol. The van der Waals surface area contributed by atoms with Gasteiger partial charge in [-0.1, -0.05) is 11.6 Å². The van der Waals surface area contributed by atoms with E-state index in [4.69, 9.17) is 16.3 Å². The van der Waals surface area contributed by atoms with Crippen LogP contribution in [0.2, 0.25) is 5.02 Å². The Bertz CT molecular complexity index is 819. The van der Waals surface area contributed by atoms with Crippen molar-refractivity contribution in [3.05, 3.63) is 29.3 Å². The van der Waals surface area contributed by atoms with E-state index in [1.165, 1.54) is 29.2 Å². The van der Waals surface area contributed by atoms with E-state index < -0.39 is 39.6 Å². The highest BCUT2D eigenvalue weighted by Gasteiger charge is 2.40. The topological polar surface area (TPSA) is 113 Å². The molecule has 1 aliphatic rings. The number of carbonyl (C=O) groups is 2. The molecule has 0 aliphatic carbocycles. The molecule has 2 rings (SSSR count). The summed E-state index contributed by atoms with van der Waals surface area (Å²) >= 11 is 5.76. The molecular formula is C18H25ClN2O6S. The average molecular weight is 433 g/mol. The molecule has 0 spiro atoms. The van der Waals surface area contributed by atoms with Gasteiger partial charge in [-0.25, -0.2) is 13.2 Å². The summed E-state index contributed by atoms with van der Waals surface area (Å²) in [6.45, 7) is 4.96. The van der Waals surface area contributed by atoms with Gasteiger partial charge in [0.15, 0.2) is 9.84 Å². The maximum atomic E-state index is 12.5. The maximum Gasteiger partial charge on any atom is 0.411 e. The summed E-state index contributed by atoms with van der Waals surface area (Å²) in [6, 6.07) is 4.84. The van der Waals surface area contributed by atoms with Gasteiger partial charge >= 0.3 is 6.09 Å². The van der Waals surface area contributed by atoms with Crippen LogP contribution in [-0.4, -0.2) is 67.0 Å². The number of β-amino-alcohol motifs (C(OH)–C–C–N with tert-alkyl or cyclic N) is 1. The van der Waals surface area contributed by atoms with Crippen LogP contribution in [0, 0.1) is 0 Å². The first-order valence-electron chi connectivity index (χ1n) is 8.83. The zero-order valence-corrected chi connectivity index (χ0v) is 17.6. The van der Waals surface area contributed by atoms with E-state index >= 15 is 0 Å². The van der Waals surface area contributed by atoms with Crippen molar-refractivity contribution >= 4 is 33.4 Å². The quantitative estimate of drug-likeness (QED) is 0.730. The first-order chi connectivity index (χ1) is 12.9. The molecule has 1 heterocycles. The van der Waals surface area contributed by atoms with Crippen LogP contribution >= 0.6 is 11.6 Å². The molecule has 10 heteroatoms. The molecule has 1 aliphatic heterocycles. The molecule has 28 heavy (non-hydrogen) atoms. The van der Waals surface area contributed by atoms with Crippen molar-refractivity contribution < 1.29 is 27.9 Å². The second-order valence-electron chi connectivity index (χ2n) is 7.60. The second-order valence-corrected chi connectivity index (χ2v) is 10.1. The molecule has 1 aromatic rings. The van der Waals surface area contributed by atoms with Gasteiger partial charge in [-0.2, -0.15) is 0 Å². The van der Waals surface area contributed by atoms with Gasteiger partial charge in [-0.3, -0.25) is 9.69 Å². The van der Waals surface area contributed by atoms with E-state index in [0.29, 0.717) is 5.02 Å². The number of nitrogens with one attached hydrogen (secondary N) is 1. The van der Waals surface area contributed by atoms with Crippen molar-refractivity contribution in [2.24, 2.45) is 0 Å². The van der Waals surface area contributed by atoms with Crippen LogP contribution in [0.4, 0.5) is 4.79 Å². The number of sulfone groups is 1. The Morgan fingerprint density at radius 2 is 1.89 bits per heavy atom. The molecule has 156 valence electrons. The number of halogens is 1. The number of benzene rings is 1. The Hall–Kier alpha value is -1.84. The minimum absolute atomic E-state index is 0.0178. The standard InChI is InChI=1S/C18H25ClN2O6S/c1-18(2,3)27-17(24)21-11-13(22)10-15(21)16(23)20-8-9-28(25,26)14-6-4-12(19)5-7-14/h4-7,13,15,22H,8-11H2,1-3H3,(H,20,23)/t13-,15-/m0/s1. The van der Waals surface area contributed by atoms with E-state index in [0.717, 1.165) is 0 Å². The molecule has 1 fully saturated rings. The van der Waals surface area contributed by atoms with Gasteiger partial charge in [-0.05, 0) is 45.0 Å². The predicted molar refractivity (Wildman–Crippen MR) is 104 cm³/mol. The molecule has 1 aromatic carbocycles. The van der Waals surface area contributed by atoms with Crippen LogP contribution in [0.15, 0.2) is 29.2 Å². The molecule has 0 unspecified atom stereocenters. The van der Waals surface area contributed by atoms with Crippen LogP contribution in [0.1, 0.15) is 27.2 Å². The first-order valence-corrected chi connectivity index (χ1v) is 10.9. The lowest BCUT2D eigenvalue weighted by atomic mass is 10.2. The number of likely N-dealkylation sites (tertiary alicyclic amines) is 1. The Kier molecular flexibility index (Phi) is 6.95. The summed E-state index contributed by atoms with van der Waals surface area (Å²) in [5.41, 5.74) is -0.738. The van der Waals surface area contributed by atoms with Crippen LogP contribution in [0.5, 0.6) is 0 Å². The van der Waals surface area contributed by atoms with Crippen molar-refractivity contribution in [1.29, 1.82) is 0 Å². The zero-order valence-electron chi connectivity index (χ0n) is 16.0. The third-order valence-corrected chi connectivity index (χ3v) is 6.04. The molecule has 1 saturated heterocycles. The number of carbonyl (C=O) groups excluding carboxylic acids is 2.